The predicted molar refractivity (Wildman–Crippen MR) is 77.2 cm³/mol. The highest BCUT2D eigenvalue weighted by atomic mass is 35.5. The van der Waals surface area contributed by atoms with Gasteiger partial charge in [-0.15, -0.1) is 5.10 Å². The third-order valence-corrected chi connectivity index (χ3v) is 3.25. The molecule has 0 saturated carbocycles. The molecule has 0 unspecified atom stereocenters. The average Bonchev–Trinajstić information content (AvgIpc) is 2.93. The Balaban J connectivity index is 2.18. The van der Waals surface area contributed by atoms with Crippen LogP contribution in [-0.4, -0.2) is 21.3 Å². The van der Waals surface area contributed by atoms with Gasteiger partial charge in [0.15, 0.2) is 12.0 Å². The first-order valence-electron chi connectivity index (χ1n) is 6.12. The molecule has 3 rings (SSSR count). The van der Waals surface area contributed by atoms with E-state index in [0.29, 0.717) is 22.7 Å². The van der Waals surface area contributed by atoms with Crippen LogP contribution in [0, 0.1) is 5.82 Å². The number of hydrogen-bond acceptors (Lipinski definition) is 3. The Labute approximate surface area is 124 Å². The second kappa shape index (κ2) is 5.46. The van der Waals surface area contributed by atoms with E-state index in [9.17, 15) is 9.18 Å². The third kappa shape index (κ3) is 2.55. The van der Waals surface area contributed by atoms with Crippen LogP contribution < -0.4 is 0 Å². The average molecular weight is 302 g/mol. The molecule has 6 heteroatoms. The molecule has 0 bridgehead atoms. The maximum absolute atomic E-state index is 13.0. The maximum Gasteiger partial charge on any atom is 0.172 e. The fraction of sp³-hybridized carbons (Fsp3) is 0. The normalized spacial score (nSPS) is 10.6. The van der Waals surface area contributed by atoms with E-state index in [2.05, 4.69) is 10.3 Å². The van der Waals surface area contributed by atoms with Gasteiger partial charge in [0.1, 0.15) is 11.5 Å². The van der Waals surface area contributed by atoms with E-state index in [0.717, 1.165) is 5.56 Å². The highest BCUT2D eigenvalue weighted by Crippen LogP contribution is 2.25. The number of hydrogen-bond donors (Lipinski definition) is 0. The Kier molecular flexibility index (Phi) is 3.50. The van der Waals surface area contributed by atoms with Crippen molar-refractivity contribution in [3.63, 3.8) is 0 Å². The molecule has 0 aliphatic rings. The van der Waals surface area contributed by atoms with Gasteiger partial charge < -0.3 is 0 Å². The zero-order valence-electron chi connectivity index (χ0n) is 10.7. The molecule has 21 heavy (non-hydrogen) atoms. The molecule has 3 aromatic rings. The second-order valence-electron chi connectivity index (χ2n) is 4.34. The first kappa shape index (κ1) is 13.5. The SMILES string of the molecule is O=Cc1nnn(-c2ccc(F)cc2)c1-c1ccc(Cl)cc1. The van der Waals surface area contributed by atoms with Gasteiger partial charge in [0.25, 0.3) is 0 Å². The van der Waals surface area contributed by atoms with Crippen molar-refractivity contribution in [1.29, 1.82) is 0 Å². The van der Waals surface area contributed by atoms with Gasteiger partial charge in [-0.25, -0.2) is 9.07 Å². The smallest absolute Gasteiger partial charge is 0.172 e. The largest absolute Gasteiger partial charge is 0.296 e. The molecule has 0 aliphatic heterocycles. The van der Waals surface area contributed by atoms with Crippen molar-refractivity contribution in [3.05, 3.63) is 65.1 Å². The molecule has 0 spiro atoms. The van der Waals surface area contributed by atoms with E-state index in [4.69, 9.17) is 11.6 Å². The van der Waals surface area contributed by atoms with Gasteiger partial charge in [-0.1, -0.05) is 28.9 Å². The van der Waals surface area contributed by atoms with Crippen molar-refractivity contribution >= 4 is 17.9 Å². The molecular weight excluding hydrogens is 293 g/mol. The van der Waals surface area contributed by atoms with E-state index >= 15 is 0 Å². The van der Waals surface area contributed by atoms with E-state index in [1.54, 1.807) is 36.4 Å². The van der Waals surface area contributed by atoms with Crippen molar-refractivity contribution in [3.8, 4) is 16.9 Å². The number of nitrogens with zero attached hydrogens (tertiary/aromatic N) is 3. The van der Waals surface area contributed by atoms with E-state index in [1.165, 1.54) is 16.8 Å². The van der Waals surface area contributed by atoms with Crippen molar-refractivity contribution in [2.75, 3.05) is 0 Å². The minimum Gasteiger partial charge on any atom is -0.296 e. The summed E-state index contributed by atoms with van der Waals surface area (Å²) < 4.78 is 14.5. The molecular formula is C15H9ClFN3O. The fourth-order valence-electron chi connectivity index (χ4n) is 2.01. The fourth-order valence-corrected chi connectivity index (χ4v) is 2.14. The highest BCUT2D eigenvalue weighted by molar-refractivity contribution is 6.30. The third-order valence-electron chi connectivity index (χ3n) is 3.00. The molecule has 2 aromatic carbocycles. The molecule has 0 N–H and O–H groups in total. The number of aldehydes is 1. The Bertz CT molecular complexity index is 782. The summed E-state index contributed by atoms with van der Waals surface area (Å²) in [5.74, 6) is -0.345. The zero-order valence-corrected chi connectivity index (χ0v) is 11.5. The predicted octanol–water partition coefficient (Wildman–Crippen LogP) is 3.54. The lowest BCUT2D eigenvalue weighted by Gasteiger charge is -2.07. The minimum absolute atomic E-state index is 0.210. The summed E-state index contributed by atoms with van der Waals surface area (Å²) >= 11 is 5.87. The van der Waals surface area contributed by atoms with E-state index in [1.807, 2.05) is 0 Å². The van der Waals surface area contributed by atoms with Crippen LogP contribution in [0.1, 0.15) is 10.5 Å². The number of halogens is 2. The van der Waals surface area contributed by atoms with Crippen molar-refractivity contribution in [2.45, 2.75) is 0 Å². The number of carbonyl (C=O) groups is 1. The summed E-state index contributed by atoms with van der Waals surface area (Å²) in [6, 6.07) is 12.8. The Morgan fingerprint density at radius 3 is 2.33 bits per heavy atom. The molecule has 0 radical (unpaired) electrons. The van der Waals surface area contributed by atoms with Gasteiger partial charge >= 0.3 is 0 Å². The Morgan fingerprint density at radius 2 is 1.71 bits per heavy atom. The van der Waals surface area contributed by atoms with Crippen LogP contribution in [0.2, 0.25) is 5.02 Å². The lowest BCUT2D eigenvalue weighted by atomic mass is 10.1. The molecule has 1 aromatic heterocycles. The summed E-state index contributed by atoms with van der Waals surface area (Å²) in [7, 11) is 0. The molecule has 0 amide bonds. The topological polar surface area (TPSA) is 47.8 Å². The summed E-state index contributed by atoms with van der Waals surface area (Å²) in [6.07, 6.45) is 0.636. The first-order chi connectivity index (χ1) is 10.2. The number of rotatable bonds is 3. The lowest BCUT2D eigenvalue weighted by Crippen LogP contribution is -2.00. The van der Waals surface area contributed by atoms with Crippen LogP contribution in [0.3, 0.4) is 0 Å². The van der Waals surface area contributed by atoms with E-state index in [-0.39, 0.29) is 11.5 Å². The van der Waals surface area contributed by atoms with Gasteiger partial charge in [-0.05, 0) is 36.4 Å². The van der Waals surface area contributed by atoms with Crippen molar-refractivity contribution in [1.82, 2.24) is 15.0 Å². The van der Waals surface area contributed by atoms with Crippen molar-refractivity contribution in [2.24, 2.45) is 0 Å². The molecule has 0 fully saturated rings. The van der Waals surface area contributed by atoms with Crippen LogP contribution in [0.25, 0.3) is 16.9 Å². The first-order valence-corrected chi connectivity index (χ1v) is 6.49. The Hall–Kier alpha value is -2.53. The Morgan fingerprint density at radius 1 is 1.05 bits per heavy atom. The van der Waals surface area contributed by atoms with Crippen LogP contribution in [0.5, 0.6) is 0 Å². The van der Waals surface area contributed by atoms with Crippen LogP contribution in [-0.2, 0) is 0 Å². The standard InChI is InChI=1S/C15H9ClFN3O/c16-11-3-1-10(2-4-11)15-14(9-21)18-19-20(15)13-7-5-12(17)6-8-13/h1-9H. The summed E-state index contributed by atoms with van der Waals surface area (Å²) in [5.41, 5.74) is 2.10. The molecule has 0 atom stereocenters. The summed E-state index contributed by atoms with van der Waals surface area (Å²) in [6.45, 7) is 0. The molecule has 0 aliphatic carbocycles. The number of carbonyl (C=O) groups excluding carboxylic acids is 1. The van der Waals surface area contributed by atoms with Gasteiger partial charge in [-0.2, -0.15) is 0 Å². The minimum atomic E-state index is -0.345. The molecule has 4 nitrogen and oxygen atoms in total. The number of benzene rings is 2. The zero-order chi connectivity index (χ0) is 14.8. The highest BCUT2D eigenvalue weighted by Gasteiger charge is 2.15. The van der Waals surface area contributed by atoms with Gasteiger partial charge in [0, 0.05) is 10.6 Å². The summed E-state index contributed by atoms with van der Waals surface area (Å²) in [5, 5.41) is 8.41. The van der Waals surface area contributed by atoms with Crippen molar-refractivity contribution < 1.29 is 9.18 Å². The lowest BCUT2D eigenvalue weighted by molar-refractivity contribution is 0.111. The van der Waals surface area contributed by atoms with Gasteiger partial charge in [0.05, 0.1) is 5.69 Å². The number of aromatic nitrogens is 3. The molecule has 104 valence electrons. The maximum atomic E-state index is 13.0. The van der Waals surface area contributed by atoms with E-state index < -0.39 is 0 Å². The van der Waals surface area contributed by atoms with Crippen LogP contribution in [0.15, 0.2) is 48.5 Å². The monoisotopic (exact) mass is 301 g/mol. The molecule has 1 heterocycles. The molecule has 0 saturated heterocycles. The van der Waals surface area contributed by atoms with Gasteiger partial charge in [0.2, 0.25) is 0 Å². The summed E-state index contributed by atoms with van der Waals surface area (Å²) in [4.78, 5) is 11.2. The van der Waals surface area contributed by atoms with Crippen LogP contribution in [0.4, 0.5) is 4.39 Å². The second-order valence-corrected chi connectivity index (χ2v) is 4.77. The quantitative estimate of drug-likeness (QED) is 0.695. The van der Waals surface area contributed by atoms with Gasteiger partial charge in [-0.3, -0.25) is 4.79 Å². The van der Waals surface area contributed by atoms with Crippen LogP contribution >= 0.6 is 11.6 Å².